The van der Waals surface area contributed by atoms with Crippen molar-refractivity contribution in [3.8, 4) is 0 Å². The molecule has 7 heteroatoms. The van der Waals surface area contributed by atoms with Gasteiger partial charge in [-0.25, -0.2) is 4.39 Å². The van der Waals surface area contributed by atoms with Crippen LogP contribution in [0.25, 0.3) is 0 Å². The first kappa shape index (κ1) is 15.5. The highest BCUT2D eigenvalue weighted by Crippen LogP contribution is 2.18. The van der Waals surface area contributed by atoms with E-state index in [-0.39, 0.29) is 10.6 Å². The first-order valence-corrected chi connectivity index (χ1v) is 6.97. The Morgan fingerprint density at radius 2 is 1.67 bits per heavy atom. The van der Waals surface area contributed by atoms with Crippen LogP contribution in [0.1, 0.15) is 20.7 Å². The second-order valence-corrected chi connectivity index (χ2v) is 5.25. The van der Waals surface area contributed by atoms with Gasteiger partial charge in [0.25, 0.3) is 11.8 Å². The Kier molecular flexibility index (Phi) is 4.93. The molecule has 0 bridgehead atoms. The normalized spacial score (nSPS) is 10.0. The summed E-state index contributed by atoms with van der Waals surface area (Å²) in [6.45, 7) is 0. The number of benzene rings is 2. The molecule has 2 aromatic carbocycles. The molecule has 0 aliphatic heterocycles. The van der Waals surface area contributed by atoms with Gasteiger partial charge in [-0.2, -0.15) is 0 Å². The fraction of sp³-hybridized carbons (Fsp3) is 0. The molecule has 0 spiro atoms. The lowest BCUT2D eigenvalue weighted by Crippen LogP contribution is -2.42. The van der Waals surface area contributed by atoms with Gasteiger partial charge in [0.15, 0.2) is 0 Å². The van der Waals surface area contributed by atoms with Crippen LogP contribution in [0.4, 0.5) is 4.39 Å². The minimum atomic E-state index is -0.835. The van der Waals surface area contributed by atoms with Crippen molar-refractivity contribution in [1.82, 2.24) is 10.9 Å². The summed E-state index contributed by atoms with van der Waals surface area (Å²) in [5, 5.41) is -0.0392. The molecular formula is C14H9BrClFN2O2. The van der Waals surface area contributed by atoms with Gasteiger partial charge >= 0.3 is 0 Å². The van der Waals surface area contributed by atoms with Crippen molar-refractivity contribution < 1.29 is 14.0 Å². The molecule has 0 saturated carbocycles. The predicted octanol–water partition coefficient (Wildman–Crippen LogP) is 3.32. The van der Waals surface area contributed by atoms with Crippen molar-refractivity contribution in [2.75, 3.05) is 0 Å². The second kappa shape index (κ2) is 6.69. The summed E-state index contributed by atoms with van der Waals surface area (Å²) in [7, 11) is 0. The molecule has 2 rings (SSSR count). The number of rotatable bonds is 2. The van der Waals surface area contributed by atoms with Crippen molar-refractivity contribution in [2.45, 2.75) is 0 Å². The monoisotopic (exact) mass is 370 g/mol. The van der Waals surface area contributed by atoms with Gasteiger partial charge in [-0.15, -0.1) is 0 Å². The zero-order valence-electron chi connectivity index (χ0n) is 10.5. The smallest absolute Gasteiger partial charge is 0.267 e. The van der Waals surface area contributed by atoms with Crippen LogP contribution in [0, 0.1) is 5.82 Å². The Bertz CT molecular complexity index is 689. The van der Waals surface area contributed by atoms with Gasteiger partial charge in [-0.1, -0.05) is 29.8 Å². The van der Waals surface area contributed by atoms with Gasteiger partial charge in [0.1, 0.15) is 5.82 Å². The van der Waals surface area contributed by atoms with Crippen molar-refractivity contribution in [2.24, 2.45) is 0 Å². The van der Waals surface area contributed by atoms with Gasteiger partial charge in [-0.05, 0) is 40.2 Å². The lowest BCUT2D eigenvalue weighted by molar-refractivity contribution is 0.0844. The van der Waals surface area contributed by atoms with E-state index in [9.17, 15) is 14.0 Å². The molecule has 2 aromatic rings. The standard InChI is InChI=1S/C14H9BrClFN2O2/c15-9-5-2-1-4-8(9)13(20)18-19-14(21)12-10(16)6-3-7-11(12)17/h1-7H,(H,18,20)(H,19,21). The summed E-state index contributed by atoms with van der Waals surface area (Å²) in [4.78, 5) is 23.7. The third kappa shape index (κ3) is 3.59. The molecular weight excluding hydrogens is 363 g/mol. The third-order valence-electron chi connectivity index (χ3n) is 2.60. The largest absolute Gasteiger partial charge is 0.274 e. The molecule has 0 aliphatic rings. The van der Waals surface area contributed by atoms with E-state index >= 15 is 0 Å². The van der Waals surface area contributed by atoms with E-state index in [1.165, 1.54) is 12.1 Å². The van der Waals surface area contributed by atoms with E-state index in [1.54, 1.807) is 24.3 Å². The topological polar surface area (TPSA) is 58.2 Å². The first-order valence-electron chi connectivity index (χ1n) is 5.80. The fourth-order valence-corrected chi connectivity index (χ4v) is 2.32. The molecule has 4 nitrogen and oxygen atoms in total. The highest BCUT2D eigenvalue weighted by molar-refractivity contribution is 9.10. The Hall–Kier alpha value is -1.92. The number of carbonyl (C=O) groups is 2. The van der Waals surface area contributed by atoms with Gasteiger partial charge in [0.05, 0.1) is 16.1 Å². The summed E-state index contributed by atoms with van der Waals surface area (Å²) < 4.78 is 14.1. The minimum absolute atomic E-state index is 0.0392. The van der Waals surface area contributed by atoms with Crippen LogP contribution < -0.4 is 10.9 Å². The molecule has 21 heavy (non-hydrogen) atoms. The number of hydrogen-bond donors (Lipinski definition) is 2. The van der Waals surface area contributed by atoms with Gasteiger partial charge in [0.2, 0.25) is 0 Å². The van der Waals surface area contributed by atoms with Gasteiger partial charge in [-0.3, -0.25) is 20.4 Å². The van der Waals surface area contributed by atoms with Crippen LogP contribution in [0.3, 0.4) is 0 Å². The van der Waals surface area contributed by atoms with Gasteiger partial charge < -0.3 is 0 Å². The van der Waals surface area contributed by atoms with Crippen molar-refractivity contribution in [1.29, 1.82) is 0 Å². The number of carbonyl (C=O) groups excluding carboxylic acids is 2. The molecule has 2 N–H and O–H groups in total. The predicted molar refractivity (Wildman–Crippen MR) is 80.5 cm³/mol. The van der Waals surface area contributed by atoms with E-state index in [4.69, 9.17) is 11.6 Å². The maximum absolute atomic E-state index is 13.5. The molecule has 0 unspecified atom stereocenters. The zero-order valence-corrected chi connectivity index (χ0v) is 12.8. The molecule has 2 amide bonds. The summed E-state index contributed by atoms with van der Waals surface area (Å²) in [5.74, 6) is -2.14. The summed E-state index contributed by atoms with van der Waals surface area (Å²) >= 11 is 8.98. The lowest BCUT2D eigenvalue weighted by atomic mass is 10.2. The van der Waals surface area contributed by atoms with Crippen molar-refractivity contribution >= 4 is 39.3 Å². The molecule has 0 atom stereocenters. The fourth-order valence-electron chi connectivity index (χ4n) is 1.60. The van der Waals surface area contributed by atoms with Crippen LogP contribution in [0.2, 0.25) is 5.02 Å². The minimum Gasteiger partial charge on any atom is -0.267 e. The third-order valence-corrected chi connectivity index (χ3v) is 3.60. The molecule has 0 fully saturated rings. The molecule has 0 radical (unpaired) electrons. The average molecular weight is 372 g/mol. The Morgan fingerprint density at radius 3 is 2.33 bits per heavy atom. The van der Waals surface area contributed by atoms with Crippen LogP contribution in [-0.4, -0.2) is 11.8 Å². The lowest BCUT2D eigenvalue weighted by Gasteiger charge is -2.10. The Labute approximate surface area is 133 Å². The maximum Gasteiger partial charge on any atom is 0.274 e. The summed E-state index contributed by atoms with van der Waals surface area (Å²) in [6, 6.07) is 10.6. The molecule has 0 aromatic heterocycles. The summed E-state index contributed by atoms with van der Waals surface area (Å²) in [6.07, 6.45) is 0. The highest BCUT2D eigenvalue weighted by Gasteiger charge is 2.17. The Balaban J connectivity index is 2.08. The van der Waals surface area contributed by atoms with E-state index in [2.05, 4.69) is 26.8 Å². The van der Waals surface area contributed by atoms with Crippen molar-refractivity contribution in [3.05, 3.63) is 68.9 Å². The number of nitrogens with one attached hydrogen (secondary N) is 2. The number of hydrazine groups is 1. The van der Waals surface area contributed by atoms with E-state index in [0.29, 0.717) is 10.0 Å². The average Bonchev–Trinajstić information content (AvgIpc) is 2.45. The van der Waals surface area contributed by atoms with E-state index in [0.717, 1.165) is 6.07 Å². The zero-order chi connectivity index (χ0) is 15.4. The van der Waals surface area contributed by atoms with Crippen molar-refractivity contribution in [3.63, 3.8) is 0 Å². The maximum atomic E-state index is 13.5. The number of hydrogen-bond acceptors (Lipinski definition) is 2. The number of amides is 2. The van der Waals surface area contributed by atoms with Crippen LogP contribution in [0.5, 0.6) is 0 Å². The van der Waals surface area contributed by atoms with E-state index in [1.807, 2.05) is 0 Å². The second-order valence-electron chi connectivity index (χ2n) is 3.98. The molecule has 0 saturated heterocycles. The van der Waals surface area contributed by atoms with Crippen LogP contribution in [-0.2, 0) is 0 Å². The van der Waals surface area contributed by atoms with E-state index < -0.39 is 17.6 Å². The quantitative estimate of drug-likeness (QED) is 0.796. The highest BCUT2D eigenvalue weighted by atomic mass is 79.9. The van der Waals surface area contributed by atoms with Gasteiger partial charge in [0, 0.05) is 4.47 Å². The molecule has 108 valence electrons. The molecule has 0 aliphatic carbocycles. The first-order chi connectivity index (χ1) is 10.0. The Morgan fingerprint density at radius 1 is 1.00 bits per heavy atom. The van der Waals surface area contributed by atoms with Crippen LogP contribution >= 0.6 is 27.5 Å². The number of halogens is 3. The SMILES string of the molecule is O=C(NNC(=O)c1c(F)cccc1Cl)c1ccccc1Br. The molecule has 0 heterocycles. The summed E-state index contributed by atoms with van der Waals surface area (Å²) in [5.41, 5.74) is 4.32. The van der Waals surface area contributed by atoms with Crippen LogP contribution in [0.15, 0.2) is 46.9 Å².